The van der Waals surface area contributed by atoms with Crippen LogP contribution in [0.1, 0.15) is 85.4 Å². The smallest absolute Gasteiger partial charge is 0.280 e. The molecular weight excluding hydrogens is 797 g/mol. The van der Waals surface area contributed by atoms with Crippen LogP contribution in [-0.2, 0) is 30.9 Å². The third-order valence-electron chi connectivity index (χ3n) is 14.8. The fraction of sp³-hybridized carbons (Fsp3) is 0.744. The van der Waals surface area contributed by atoms with E-state index in [1.807, 2.05) is 25.2 Å². The number of aryl methyl sites for hydroxylation is 1. The first-order valence-electron chi connectivity index (χ1n) is 21.8. The number of piperidine rings is 3. The van der Waals surface area contributed by atoms with E-state index in [0.717, 1.165) is 70.1 Å². The molecule has 0 radical (unpaired) electrons. The van der Waals surface area contributed by atoms with Crippen molar-refractivity contribution in [1.82, 2.24) is 34.8 Å². The number of likely N-dealkylation sites (tertiary alicyclic amines) is 3. The van der Waals surface area contributed by atoms with E-state index >= 15 is 8.78 Å². The Hall–Kier alpha value is -3.35. The van der Waals surface area contributed by atoms with Gasteiger partial charge in [0.1, 0.15) is 6.04 Å². The maximum Gasteiger partial charge on any atom is 0.280 e. The van der Waals surface area contributed by atoms with Gasteiger partial charge >= 0.3 is 0 Å². The number of pyridine rings is 1. The number of halogens is 2. The zero-order valence-electron chi connectivity index (χ0n) is 35.5. The number of amides is 4. The maximum absolute atomic E-state index is 15.9. The second-order valence-electron chi connectivity index (χ2n) is 18.6. The molecule has 2 aromatic heterocycles. The molecule has 17 heteroatoms. The number of nitrogens with one attached hydrogen (secondary N) is 2. The van der Waals surface area contributed by atoms with Gasteiger partial charge in [-0.05, 0) is 108 Å². The van der Waals surface area contributed by atoms with Crippen molar-refractivity contribution >= 4 is 45.1 Å². The van der Waals surface area contributed by atoms with Crippen LogP contribution >= 0.6 is 11.3 Å². The summed E-state index contributed by atoms with van der Waals surface area (Å²) in [5.74, 6) is -4.14. The van der Waals surface area contributed by atoms with Gasteiger partial charge in [0.05, 0.1) is 35.1 Å². The van der Waals surface area contributed by atoms with Crippen LogP contribution in [-0.4, -0.2) is 158 Å². The van der Waals surface area contributed by atoms with Gasteiger partial charge in [0.2, 0.25) is 17.7 Å². The topological polar surface area (TPSA) is 146 Å². The monoisotopic (exact) mass is 857 g/mol. The quantitative estimate of drug-likeness (QED) is 0.343. The molecule has 6 unspecified atom stereocenters. The van der Waals surface area contributed by atoms with Gasteiger partial charge in [0.25, 0.3) is 17.4 Å². The molecule has 4 saturated heterocycles. The van der Waals surface area contributed by atoms with Crippen LogP contribution in [0.15, 0.2) is 17.1 Å². The van der Waals surface area contributed by atoms with E-state index in [2.05, 4.69) is 20.4 Å². The Kier molecular flexibility index (Phi) is 12.6. The molecule has 0 bridgehead atoms. The van der Waals surface area contributed by atoms with E-state index in [9.17, 15) is 24.0 Å². The maximum atomic E-state index is 15.9. The first-order chi connectivity index (χ1) is 28.6. The fourth-order valence-corrected chi connectivity index (χ4v) is 12.7. The molecule has 4 aliphatic heterocycles. The van der Waals surface area contributed by atoms with Crippen molar-refractivity contribution in [3.05, 3.63) is 33.1 Å². The van der Waals surface area contributed by atoms with Gasteiger partial charge < -0.3 is 34.1 Å². The number of alkyl halides is 2. The molecule has 6 aliphatic rings. The second-order valence-corrected chi connectivity index (χ2v) is 19.7. The normalized spacial score (nSPS) is 33.4. The van der Waals surface area contributed by atoms with Crippen molar-refractivity contribution in [3.63, 3.8) is 0 Å². The summed E-state index contributed by atoms with van der Waals surface area (Å²) in [5.41, 5.74) is 0.696. The highest BCUT2D eigenvalue weighted by atomic mass is 32.1. The second kappa shape index (κ2) is 17.4. The van der Waals surface area contributed by atoms with Gasteiger partial charge in [-0.1, -0.05) is 0 Å². The van der Waals surface area contributed by atoms with Crippen LogP contribution in [0.2, 0.25) is 0 Å². The molecule has 60 heavy (non-hydrogen) atoms. The molecule has 4 amide bonds. The largest absolute Gasteiger partial charge is 0.381 e. The van der Waals surface area contributed by atoms with E-state index in [1.54, 1.807) is 32.2 Å². The number of imide groups is 1. The lowest BCUT2D eigenvalue weighted by molar-refractivity contribution is -0.145. The van der Waals surface area contributed by atoms with Crippen molar-refractivity contribution in [2.75, 3.05) is 67.6 Å². The average Bonchev–Trinajstić information content (AvgIpc) is 3.81. The Bertz CT molecular complexity index is 2010. The molecule has 14 nitrogen and oxygen atoms in total. The molecule has 8 rings (SSSR count). The fourth-order valence-electron chi connectivity index (χ4n) is 11.6. The minimum absolute atomic E-state index is 0.00170. The van der Waals surface area contributed by atoms with Gasteiger partial charge in [-0.25, -0.2) is 8.78 Å². The van der Waals surface area contributed by atoms with Crippen molar-refractivity contribution in [2.45, 2.75) is 112 Å². The molecule has 2 aliphatic carbocycles. The first-order valence-corrected chi connectivity index (χ1v) is 22.6. The van der Waals surface area contributed by atoms with Crippen LogP contribution in [0.4, 0.5) is 8.78 Å². The van der Waals surface area contributed by atoms with E-state index in [-0.39, 0.29) is 89.0 Å². The summed E-state index contributed by atoms with van der Waals surface area (Å²) in [4.78, 5) is 73.2. The van der Waals surface area contributed by atoms with Gasteiger partial charge in [-0.15, -0.1) is 11.3 Å². The summed E-state index contributed by atoms with van der Waals surface area (Å²) in [7, 11) is 9.18. The summed E-state index contributed by atoms with van der Waals surface area (Å²) in [5, 5.41) is 5.46. The van der Waals surface area contributed by atoms with Gasteiger partial charge in [-0.3, -0.25) is 34.2 Å². The Morgan fingerprint density at radius 2 is 1.65 bits per heavy atom. The third-order valence-corrected chi connectivity index (χ3v) is 15.9. The Balaban J connectivity index is 0.866. The summed E-state index contributed by atoms with van der Waals surface area (Å²) >= 11 is 1.19. The standard InChI is InChI=1S/C43H61F2N7O7S/c1-48(2)21-31-33(58-4)16-25(17-34(31)59-5)30-22-49(3)41(56)29-19-35(60-38(29)30)40(55)46-36-12-15-51(23-43(36,44)45)26-10-13-50(14-11-26)27-7-6-24-20-52(42(57)28(24)18-27)32-8-9-37(53)47-39(32)54/h19,22,24-28,31-34,36H,6-18,20-21,23H2,1-5H3,(H,46,55)(H,47,53,54)/t24?,25?,27?,28?,31?,32?,33?,34?,36-/m0/s1. The Morgan fingerprint density at radius 3 is 2.30 bits per heavy atom. The Labute approximate surface area is 354 Å². The van der Waals surface area contributed by atoms with Crippen molar-refractivity contribution in [2.24, 2.45) is 24.8 Å². The Morgan fingerprint density at radius 1 is 0.950 bits per heavy atom. The molecular formula is C43H61F2N7O7S. The number of methoxy groups -OCH3 is 2. The predicted molar refractivity (Wildman–Crippen MR) is 222 cm³/mol. The number of thiophene rings is 1. The molecule has 2 N–H and O–H groups in total. The lowest BCUT2D eigenvalue weighted by Crippen LogP contribution is -2.61. The SMILES string of the molecule is COC1CC(c2cn(C)c(=O)c3cc(C(=O)N[C@H]4CCN(C5CCN(C6CCC7CN(C8CCC(=O)NC8=O)C(=O)C7C6)CC5)CC4(F)F)sc23)CC(OC)C1CN(C)C. The first kappa shape index (κ1) is 43.3. The molecule has 0 spiro atoms. The van der Waals surface area contributed by atoms with E-state index in [0.29, 0.717) is 29.6 Å². The van der Waals surface area contributed by atoms with Crippen LogP contribution in [0, 0.1) is 17.8 Å². The third kappa shape index (κ3) is 8.42. The molecule has 330 valence electrons. The van der Waals surface area contributed by atoms with E-state index < -0.39 is 30.5 Å². The van der Waals surface area contributed by atoms with Crippen molar-refractivity contribution < 1.29 is 37.4 Å². The lowest BCUT2D eigenvalue weighted by Gasteiger charge is -2.47. The molecule has 6 heterocycles. The van der Waals surface area contributed by atoms with Gasteiger partial charge in [0.15, 0.2) is 0 Å². The van der Waals surface area contributed by atoms with Crippen LogP contribution in [0.5, 0.6) is 0 Å². The van der Waals surface area contributed by atoms with Crippen molar-refractivity contribution in [3.8, 4) is 0 Å². The average molecular weight is 858 g/mol. The number of carbonyl (C=O) groups is 4. The zero-order valence-corrected chi connectivity index (χ0v) is 36.3. The number of aromatic nitrogens is 1. The predicted octanol–water partition coefficient (Wildman–Crippen LogP) is 3.02. The summed E-state index contributed by atoms with van der Waals surface area (Å²) in [6, 6.07) is -0.108. The molecule has 2 saturated carbocycles. The summed E-state index contributed by atoms with van der Waals surface area (Å²) in [6.07, 6.45) is 7.97. The highest BCUT2D eigenvalue weighted by Gasteiger charge is 2.51. The van der Waals surface area contributed by atoms with E-state index in [1.165, 1.54) is 15.9 Å². The lowest BCUT2D eigenvalue weighted by atomic mass is 9.74. The number of nitrogens with zero attached hydrogens (tertiary/aromatic N) is 5. The number of rotatable bonds is 10. The number of fused-ring (bicyclic) bond motifs is 2. The number of hydrogen-bond acceptors (Lipinski definition) is 11. The zero-order chi connectivity index (χ0) is 42.6. The molecule has 2 aromatic rings. The molecule has 6 fully saturated rings. The molecule has 0 aromatic carbocycles. The number of hydrogen-bond donors (Lipinski definition) is 2. The highest BCUT2D eigenvalue weighted by Crippen LogP contribution is 2.44. The van der Waals surface area contributed by atoms with Crippen molar-refractivity contribution in [1.29, 1.82) is 0 Å². The number of carbonyl (C=O) groups excluding carboxylic acids is 4. The van der Waals surface area contributed by atoms with Crippen LogP contribution in [0.25, 0.3) is 10.1 Å². The minimum atomic E-state index is -3.14. The molecule has 7 atom stereocenters. The minimum Gasteiger partial charge on any atom is -0.381 e. The van der Waals surface area contributed by atoms with Crippen LogP contribution in [0.3, 0.4) is 0 Å². The highest BCUT2D eigenvalue weighted by molar-refractivity contribution is 7.21. The summed E-state index contributed by atoms with van der Waals surface area (Å²) in [6.45, 7) is 2.91. The van der Waals surface area contributed by atoms with Crippen LogP contribution < -0.4 is 16.2 Å². The van der Waals surface area contributed by atoms with E-state index in [4.69, 9.17) is 9.47 Å². The van der Waals surface area contributed by atoms with Gasteiger partial charge in [-0.2, -0.15) is 0 Å². The number of ether oxygens (including phenoxy) is 2. The summed E-state index contributed by atoms with van der Waals surface area (Å²) < 4.78 is 46.1. The van der Waals surface area contributed by atoms with Gasteiger partial charge in [0, 0.05) is 82.1 Å².